The van der Waals surface area contributed by atoms with Gasteiger partial charge in [-0.25, -0.2) is 0 Å². The average molecular weight is 308 g/mol. The molecule has 0 saturated carbocycles. The molecule has 3 rings (SSSR count). The Morgan fingerprint density at radius 2 is 1.79 bits per heavy atom. The summed E-state index contributed by atoms with van der Waals surface area (Å²) in [5.74, 6) is 0. The first-order valence-electron chi connectivity index (χ1n) is 5.45. The van der Waals surface area contributed by atoms with Gasteiger partial charge in [-0.1, -0.05) is 35.3 Å². The molecule has 3 nitrogen and oxygen atoms in total. The van der Waals surface area contributed by atoms with Crippen LogP contribution in [0.3, 0.4) is 0 Å². The van der Waals surface area contributed by atoms with E-state index in [9.17, 15) is 0 Å². The lowest BCUT2D eigenvalue weighted by atomic mass is 10.2. The van der Waals surface area contributed by atoms with Crippen molar-refractivity contribution < 1.29 is 0 Å². The Morgan fingerprint density at radius 3 is 2.63 bits per heavy atom. The van der Waals surface area contributed by atoms with Gasteiger partial charge in [-0.15, -0.1) is 10.2 Å². The molecule has 2 aromatic carbocycles. The van der Waals surface area contributed by atoms with Crippen LogP contribution in [-0.4, -0.2) is 4.37 Å². The van der Waals surface area contributed by atoms with Crippen LogP contribution in [0, 0.1) is 0 Å². The van der Waals surface area contributed by atoms with E-state index in [4.69, 9.17) is 23.2 Å². The quantitative estimate of drug-likeness (QED) is 0.533. The van der Waals surface area contributed by atoms with Crippen molar-refractivity contribution in [1.29, 1.82) is 0 Å². The number of rotatable bonds is 2. The molecular formula is C13H7Cl2N3S. The largest absolute Gasteiger partial charge is 0.190 e. The molecule has 0 fully saturated rings. The van der Waals surface area contributed by atoms with Gasteiger partial charge >= 0.3 is 0 Å². The third-order valence-corrected chi connectivity index (χ3v) is 4.03. The van der Waals surface area contributed by atoms with Crippen LogP contribution >= 0.6 is 34.7 Å². The molecule has 1 aromatic heterocycles. The highest BCUT2D eigenvalue weighted by Gasteiger charge is 2.04. The Morgan fingerprint density at radius 1 is 0.947 bits per heavy atom. The Bertz CT molecular complexity index is 767. The van der Waals surface area contributed by atoms with E-state index in [-0.39, 0.29) is 0 Å². The monoisotopic (exact) mass is 307 g/mol. The maximum Gasteiger partial charge on any atom is 0.166 e. The van der Waals surface area contributed by atoms with Crippen LogP contribution in [0.15, 0.2) is 52.7 Å². The number of benzene rings is 2. The van der Waals surface area contributed by atoms with Crippen LogP contribution in [0.2, 0.25) is 10.0 Å². The van der Waals surface area contributed by atoms with E-state index in [0.29, 0.717) is 15.7 Å². The van der Waals surface area contributed by atoms with Crippen LogP contribution in [-0.2, 0) is 0 Å². The van der Waals surface area contributed by atoms with Gasteiger partial charge in [0.2, 0.25) is 0 Å². The zero-order chi connectivity index (χ0) is 13.2. The van der Waals surface area contributed by atoms with Crippen molar-refractivity contribution in [2.75, 3.05) is 0 Å². The maximum atomic E-state index is 5.93. The summed E-state index contributed by atoms with van der Waals surface area (Å²) in [6.07, 6.45) is 0. The Labute approximate surface area is 123 Å². The van der Waals surface area contributed by atoms with Crippen molar-refractivity contribution in [2.45, 2.75) is 0 Å². The number of hydrogen-bond donors (Lipinski definition) is 0. The van der Waals surface area contributed by atoms with Crippen molar-refractivity contribution >= 4 is 56.3 Å². The average Bonchev–Trinajstić information content (AvgIpc) is 2.83. The summed E-state index contributed by atoms with van der Waals surface area (Å²) in [4.78, 5) is 0. The number of halogens is 2. The molecule has 0 bridgehead atoms. The minimum Gasteiger partial charge on any atom is -0.190 e. The normalized spacial score (nSPS) is 11.5. The highest BCUT2D eigenvalue weighted by Crippen LogP contribution is 2.32. The topological polar surface area (TPSA) is 37.6 Å². The van der Waals surface area contributed by atoms with Gasteiger partial charge in [0.25, 0.3) is 0 Å². The van der Waals surface area contributed by atoms with Crippen LogP contribution < -0.4 is 0 Å². The molecule has 0 aliphatic heterocycles. The number of fused-ring (bicyclic) bond motifs is 1. The van der Waals surface area contributed by atoms with Crippen LogP contribution in [0.4, 0.5) is 10.7 Å². The number of nitrogens with zero attached hydrogens (tertiary/aromatic N) is 3. The van der Waals surface area contributed by atoms with E-state index in [1.54, 1.807) is 18.2 Å². The molecule has 0 saturated heterocycles. The zero-order valence-corrected chi connectivity index (χ0v) is 11.9. The smallest absolute Gasteiger partial charge is 0.166 e. The van der Waals surface area contributed by atoms with Gasteiger partial charge < -0.3 is 0 Å². The van der Waals surface area contributed by atoms with Crippen molar-refractivity contribution in [3.8, 4) is 0 Å². The van der Waals surface area contributed by atoms with Gasteiger partial charge in [0.1, 0.15) is 0 Å². The van der Waals surface area contributed by atoms with Gasteiger partial charge in [0.15, 0.2) is 5.00 Å². The standard InChI is InChI=1S/C13H7Cl2N3S/c14-10-6-5-8(7-11(10)15)16-17-13-9-3-1-2-4-12(9)18-19-13/h1-7H. The second-order valence-electron chi connectivity index (χ2n) is 3.80. The summed E-state index contributed by atoms with van der Waals surface area (Å²) < 4.78 is 4.30. The van der Waals surface area contributed by atoms with Crippen molar-refractivity contribution in [3.05, 3.63) is 52.5 Å². The van der Waals surface area contributed by atoms with Crippen LogP contribution in [0.5, 0.6) is 0 Å². The fourth-order valence-corrected chi connectivity index (χ4v) is 2.58. The summed E-state index contributed by atoms with van der Waals surface area (Å²) >= 11 is 13.1. The summed E-state index contributed by atoms with van der Waals surface area (Å²) in [6.45, 7) is 0. The lowest BCUT2D eigenvalue weighted by Crippen LogP contribution is -1.68. The van der Waals surface area contributed by atoms with Crippen LogP contribution in [0.25, 0.3) is 10.9 Å². The first-order valence-corrected chi connectivity index (χ1v) is 6.98. The number of azo groups is 1. The van der Waals surface area contributed by atoms with E-state index < -0.39 is 0 Å². The first-order chi connectivity index (χ1) is 9.24. The second kappa shape index (κ2) is 5.25. The van der Waals surface area contributed by atoms with E-state index in [0.717, 1.165) is 15.9 Å². The lowest BCUT2D eigenvalue weighted by Gasteiger charge is -1.95. The molecule has 0 unspecified atom stereocenters. The maximum absolute atomic E-state index is 5.93. The summed E-state index contributed by atoms with van der Waals surface area (Å²) in [5.41, 5.74) is 1.59. The van der Waals surface area contributed by atoms with Crippen LogP contribution in [0.1, 0.15) is 0 Å². The van der Waals surface area contributed by atoms with Gasteiger partial charge in [0, 0.05) is 5.39 Å². The molecule has 1 heterocycles. The van der Waals surface area contributed by atoms with Crippen molar-refractivity contribution in [1.82, 2.24) is 4.37 Å². The minimum absolute atomic E-state index is 0.465. The van der Waals surface area contributed by atoms with E-state index in [2.05, 4.69) is 14.6 Å². The predicted molar refractivity (Wildman–Crippen MR) is 80.3 cm³/mol. The SMILES string of the molecule is Clc1ccc(N=Nc2snc3ccccc23)cc1Cl. The second-order valence-corrected chi connectivity index (χ2v) is 5.37. The number of aromatic nitrogens is 1. The highest BCUT2D eigenvalue weighted by atomic mass is 35.5. The Balaban J connectivity index is 1.96. The fraction of sp³-hybridized carbons (Fsp3) is 0. The predicted octanol–water partition coefficient (Wildman–Crippen LogP) is 6.02. The fourth-order valence-electron chi connectivity index (χ4n) is 1.60. The van der Waals surface area contributed by atoms with Gasteiger partial charge in [0.05, 0.1) is 21.2 Å². The van der Waals surface area contributed by atoms with Crippen molar-refractivity contribution in [3.63, 3.8) is 0 Å². The summed E-state index contributed by atoms with van der Waals surface area (Å²) in [5, 5.41) is 11.1. The number of hydrogen-bond acceptors (Lipinski definition) is 4. The van der Waals surface area contributed by atoms with Crippen molar-refractivity contribution in [2.24, 2.45) is 10.2 Å². The summed E-state index contributed by atoms with van der Waals surface area (Å²) in [6, 6.07) is 13.0. The lowest BCUT2D eigenvalue weighted by molar-refractivity contribution is 1.26. The molecule has 6 heteroatoms. The highest BCUT2D eigenvalue weighted by molar-refractivity contribution is 7.11. The molecule has 3 aromatic rings. The zero-order valence-electron chi connectivity index (χ0n) is 9.55. The van der Waals surface area contributed by atoms with E-state index in [1.807, 2.05) is 24.3 Å². The Hall–Kier alpha value is -1.49. The molecule has 0 atom stereocenters. The molecule has 0 spiro atoms. The first kappa shape index (κ1) is 12.5. The molecule has 0 aliphatic carbocycles. The van der Waals surface area contributed by atoms with Gasteiger partial charge in [-0.3, -0.25) is 0 Å². The molecule has 0 N–H and O–H groups in total. The minimum atomic E-state index is 0.465. The third kappa shape index (κ3) is 2.61. The molecular weight excluding hydrogens is 301 g/mol. The van der Waals surface area contributed by atoms with Gasteiger partial charge in [-0.2, -0.15) is 4.37 Å². The van der Waals surface area contributed by atoms with Gasteiger partial charge in [-0.05, 0) is 41.9 Å². The molecule has 0 amide bonds. The summed E-state index contributed by atoms with van der Waals surface area (Å²) in [7, 11) is 0. The molecule has 19 heavy (non-hydrogen) atoms. The molecule has 0 aliphatic rings. The molecule has 0 radical (unpaired) electrons. The van der Waals surface area contributed by atoms with E-state index >= 15 is 0 Å². The Kier molecular flexibility index (Phi) is 3.46. The third-order valence-electron chi connectivity index (χ3n) is 2.52. The molecule has 94 valence electrons. The van der Waals surface area contributed by atoms with E-state index in [1.165, 1.54) is 11.5 Å².